The smallest absolute Gasteiger partial charge is 0.0642 e. The summed E-state index contributed by atoms with van der Waals surface area (Å²) in [4.78, 5) is 5.21. The number of hydrogen-bond acceptors (Lipinski definition) is 5. The maximum atomic E-state index is 9.79. The number of nitriles is 1. The Morgan fingerprint density at radius 2 is 1.73 bits per heavy atom. The molecule has 0 aromatic heterocycles. The number of nitrogens with one attached hydrogen (secondary N) is 1. The molecule has 1 aromatic carbocycles. The first-order chi connectivity index (χ1) is 14.7. The van der Waals surface area contributed by atoms with E-state index < -0.39 is 0 Å². The Balaban J connectivity index is 1.10. The molecule has 0 amide bonds. The summed E-state index contributed by atoms with van der Waals surface area (Å²) in [7, 11) is 0. The maximum Gasteiger partial charge on any atom is 0.0642 e. The maximum absolute atomic E-state index is 9.79. The zero-order valence-electron chi connectivity index (χ0n) is 18.0. The van der Waals surface area contributed by atoms with Crippen LogP contribution >= 0.6 is 0 Å². The molecule has 5 rings (SSSR count). The van der Waals surface area contributed by atoms with Crippen molar-refractivity contribution in [1.29, 1.82) is 5.26 Å². The van der Waals surface area contributed by atoms with Crippen molar-refractivity contribution in [2.24, 2.45) is 0 Å². The van der Waals surface area contributed by atoms with Crippen molar-refractivity contribution in [2.45, 2.75) is 87.1 Å². The van der Waals surface area contributed by atoms with Gasteiger partial charge in [0.05, 0.1) is 24.1 Å². The minimum Gasteiger partial charge on any atom is -0.393 e. The second kappa shape index (κ2) is 8.59. The van der Waals surface area contributed by atoms with Gasteiger partial charge in [-0.05, 0) is 50.5 Å². The molecule has 4 aliphatic rings. The van der Waals surface area contributed by atoms with E-state index in [2.05, 4.69) is 51.5 Å². The Bertz CT molecular complexity index is 740. The van der Waals surface area contributed by atoms with Crippen LogP contribution < -0.4 is 5.32 Å². The fourth-order valence-electron chi connectivity index (χ4n) is 6.23. The number of hydrogen-bond donors (Lipinski definition) is 2. The van der Waals surface area contributed by atoms with Gasteiger partial charge in [0.1, 0.15) is 0 Å². The Hall–Kier alpha value is -1.45. The highest BCUT2D eigenvalue weighted by atomic mass is 16.3. The molecule has 2 aliphatic heterocycles. The predicted octanol–water partition coefficient (Wildman–Crippen LogP) is 2.87. The van der Waals surface area contributed by atoms with Gasteiger partial charge < -0.3 is 10.4 Å². The molecule has 5 nitrogen and oxygen atoms in total. The van der Waals surface area contributed by atoms with E-state index in [0.29, 0.717) is 30.5 Å². The van der Waals surface area contributed by atoms with Crippen LogP contribution in [0.1, 0.15) is 62.8 Å². The van der Waals surface area contributed by atoms with Crippen LogP contribution in [0.4, 0.5) is 0 Å². The normalized spacial score (nSPS) is 34.8. The van der Waals surface area contributed by atoms with Gasteiger partial charge in [0, 0.05) is 50.2 Å². The van der Waals surface area contributed by atoms with E-state index >= 15 is 0 Å². The summed E-state index contributed by atoms with van der Waals surface area (Å²) in [6, 6.07) is 15.3. The van der Waals surface area contributed by atoms with Crippen LogP contribution in [0.5, 0.6) is 0 Å². The van der Waals surface area contributed by atoms with E-state index in [9.17, 15) is 10.4 Å². The molecule has 2 saturated heterocycles. The van der Waals surface area contributed by atoms with Crippen molar-refractivity contribution < 1.29 is 5.11 Å². The van der Waals surface area contributed by atoms with Crippen molar-refractivity contribution in [2.75, 3.05) is 26.2 Å². The predicted molar refractivity (Wildman–Crippen MR) is 118 cm³/mol. The highest BCUT2D eigenvalue weighted by Gasteiger charge is 2.50. The monoisotopic (exact) mass is 408 g/mol. The summed E-state index contributed by atoms with van der Waals surface area (Å²) in [5.74, 6) is 0.698. The third-order valence-corrected chi connectivity index (χ3v) is 8.22. The number of piperidine rings is 1. The zero-order valence-corrected chi connectivity index (χ0v) is 18.0. The molecule has 0 bridgehead atoms. The molecule has 2 heterocycles. The third-order valence-electron chi connectivity index (χ3n) is 8.22. The lowest BCUT2D eigenvalue weighted by molar-refractivity contribution is -0.0921. The van der Waals surface area contributed by atoms with Crippen LogP contribution in [-0.4, -0.2) is 70.9 Å². The molecular weight excluding hydrogens is 372 g/mol. The largest absolute Gasteiger partial charge is 0.393 e. The average Bonchev–Trinajstić information content (AvgIpc) is 3.52. The van der Waals surface area contributed by atoms with E-state index in [4.69, 9.17) is 0 Å². The van der Waals surface area contributed by atoms with Gasteiger partial charge in [0.25, 0.3) is 0 Å². The molecule has 30 heavy (non-hydrogen) atoms. The van der Waals surface area contributed by atoms with Crippen molar-refractivity contribution >= 4 is 0 Å². The summed E-state index contributed by atoms with van der Waals surface area (Å²) in [5, 5.41) is 23.2. The number of rotatable bonds is 6. The Morgan fingerprint density at radius 1 is 1.03 bits per heavy atom. The van der Waals surface area contributed by atoms with Crippen LogP contribution in [0.25, 0.3) is 0 Å². The molecule has 162 valence electrons. The number of benzene rings is 1. The van der Waals surface area contributed by atoms with Crippen molar-refractivity contribution in [3.8, 4) is 6.07 Å². The number of aliphatic hydroxyl groups excluding tert-OH is 1. The van der Waals surface area contributed by atoms with Gasteiger partial charge in [-0.25, -0.2) is 0 Å². The van der Waals surface area contributed by atoms with Crippen LogP contribution in [0.3, 0.4) is 0 Å². The Kier molecular flexibility index (Phi) is 5.86. The lowest BCUT2D eigenvalue weighted by Crippen LogP contribution is -2.73. The van der Waals surface area contributed by atoms with Gasteiger partial charge in [-0.15, -0.1) is 0 Å². The molecule has 2 aliphatic carbocycles. The zero-order chi connectivity index (χ0) is 20.6. The van der Waals surface area contributed by atoms with Crippen LogP contribution in [0.2, 0.25) is 0 Å². The fourth-order valence-corrected chi connectivity index (χ4v) is 6.23. The average molecular weight is 409 g/mol. The molecule has 2 saturated carbocycles. The molecule has 2 atom stereocenters. The quantitative estimate of drug-likeness (QED) is 0.758. The van der Waals surface area contributed by atoms with E-state index in [1.807, 2.05) is 0 Å². The van der Waals surface area contributed by atoms with E-state index in [1.54, 1.807) is 0 Å². The van der Waals surface area contributed by atoms with Crippen LogP contribution in [-0.2, 0) is 0 Å². The van der Waals surface area contributed by atoms with Gasteiger partial charge in [0.15, 0.2) is 0 Å². The summed E-state index contributed by atoms with van der Waals surface area (Å²) >= 11 is 0. The minimum absolute atomic E-state index is 0.0714. The number of aliphatic hydroxyl groups is 1. The summed E-state index contributed by atoms with van der Waals surface area (Å²) in [6.45, 7) is 4.30. The standard InChI is InChI=1S/C25H36N4O/c26-13-12-25(17-28(18-25)21-6-8-22(30)9-7-21)29-14-10-20(11-15-29)27-24-16-23(24)19-4-2-1-3-5-19/h1-5,20-24,27,30H,6-12,14-18H2/t21-,22-,23-,24+/m0/s1. The Morgan fingerprint density at radius 3 is 2.40 bits per heavy atom. The van der Waals surface area contributed by atoms with Gasteiger partial charge >= 0.3 is 0 Å². The van der Waals surface area contributed by atoms with Crippen LogP contribution in [0.15, 0.2) is 30.3 Å². The molecule has 2 N–H and O–H groups in total. The first-order valence-corrected chi connectivity index (χ1v) is 12.0. The Labute approximate surface area is 181 Å². The second-order valence-corrected chi connectivity index (χ2v) is 10.2. The lowest BCUT2D eigenvalue weighted by Gasteiger charge is -2.59. The second-order valence-electron chi connectivity index (χ2n) is 10.2. The summed E-state index contributed by atoms with van der Waals surface area (Å²) in [5.41, 5.74) is 1.55. The first kappa shape index (κ1) is 20.5. The van der Waals surface area contributed by atoms with Crippen molar-refractivity contribution in [1.82, 2.24) is 15.1 Å². The van der Waals surface area contributed by atoms with Gasteiger partial charge in [0.2, 0.25) is 0 Å². The first-order valence-electron chi connectivity index (χ1n) is 12.0. The van der Waals surface area contributed by atoms with Gasteiger partial charge in [-0.3, -0.25) is 9.80 Å². The highest BCUT2D eigenvalue weighted by Crippen LogP contribution is 2.42. The minimum atomic E-state index is -0.0918. The molecule has 1 aromatic rings. The van der Waals surface area contributed by atoms with Gasteiger partial charge in [-0.1, -0.05) is 30.3 Å². The SMILES string of the molecule is N#CCC1(N2CCC(N[C@@H]3C[C@H]3c3ccccc3)CC2)CN([C@H]2CC[C@H](O)CC2)C1. The number of likely N-dealkylation sites (tertiary alicyclic amines) is 2. The summed E-state index contributed by atoms with van der Waals surface area (Å²) < 4.78 is 0. The topological polar surface area (TPSA) is 62.5 Å². The van der Waals surface area contributed by atoms with Crippen molar-refractivity contribution in [3.05, 3.63) is 35.9 Å². The van der Waals surface area contributed by atoms with E-state index in [1.165, 1.54) is 24.8 Å². The molecule has 0 radical (unpaired) electrons. The molecular formula is C25H36N4O. The number of nitrogens with zero attached hydrogens (tertiary/aromatic N) is 3. The third kappa shape index (κ3) is 4.16. The molecule has 0 spiro atoms. The van der Waals surface area contributed by atoms with Gasteiger partial charge in [-0.2, -0.15) is 5.26 Å². The van der Waals surface area contributed by atoms with Crippen molar-refractivity contribution in [3.63, 3.8) is 0 Å². The van der Waals surface area contributed by atoms with E-state index in [-0.39, 0.29) is 11.6 Å². The van der Waals surface area contributed by atoms with E-state index in [0.717, 1.165) is 51.9 Å². The highest BCUT2D eigenvalue weighted by molar-refractivity contribution is 5.27. The lowest BCUT2D eigenvalue weighted by atomic mass is 9.79. The molecule has 0 unspecified atom stereocenters. The van der Waals surface area contributed by atoms with Crippen LogP contribution in [0, 0.1) is 11.3 Å². The fraction of sp³-hybridized carbons (Fsp3) is 0.720. The molecule has 5 heteroatoms. The summed E-state index contributed by atoms with van der Waals surface area (Å²) in [6.07, 6.45) is 8.32. The molecule has 4 fully saturated rings.